The summed E-state index contributed by atoms with van der Waals surface area (Å²) >= 11 is 0. The van der Waals surface area contributed by atoms with Crippen LogP contribution in [0, 0.1) is 5.92 Å². The monoisotopic (exact) mass is 232 g/mol. The lowest BCUT2D eigenvalue weighted by molar-refractivity contribution is -0.120. The first kappa shape index (κ1) is 12.1. The molecule has 1 aliphatic rings. The summed E-state index contributed by atoms with van der Waals surface area (Å²) in [6, 6.07) is 7.71. The Morgan fingerprint density at radius 1 is 1.35 bits per heavy atom. The summed E-state index contributed by atoms with van der Waals surface area (Å²) in [5, 5.41) is 0. The van der Waals surface area contributed by atoms with E-state index in [1.165, 1.54) is 5.56 Å². The van der Waals surface area contributed by atoms with E-state index in [-0.39, 0.29) is 11.8 Å². The van der Waals surface area contributed by atoms with Crippen molar-refractivity contribution in [1.82, 2.24) is 0 Å². The van der Waals surface area contributed by atoms with Gasteiger partial charge in [-0.3, -0.25) is 4.79 Å². The van der Waals surface area contributed by atoms with Crippen molar-refractivity contribution in [1.29, 1.82) is 0 Å². The van der Waals surface area contributed by atoms with Gasteiger partial charge in [-0.15, -0.1) is 0 Å². The lowest BCUT2D eigenvalue weighted by Gasteiger charge is -2.32. The molecule has 0 unspecified atom stereocenters. The maximum absolute atomic E-state index is 12.3. The standard InChI is InChI=1S/C14H20N2O/c1-10(2)13(15)14(17)16-9-5-7-11-6-3-4-8-12(11)16/h3-4,6,8,10,13H,5,7,9,15H2,1-2H3/t13-/m0/s1. The Morgan fingerprint density at radius 3 is 2.76 bits per heavy atom. The summed E-state index contributed by atoms with van der Waals surface area (Å²) < 4.78 is 0. The molecule has 0 bridgehead atoms. The maximum Gasteiger partial charge on any atom is 0.244 e. The summed E-state index contributed by atoms with van der Waals surface area (Å²) in [5.41, 5.74) is 8.25. The first-order chi connectivity index (χ1) is 8.11. The van der Waals surface area contributed by atoms with Crippen LogP contribution in [-0.4, -0.2) is 18.5 Å². The van der Waals surface area contributed by atoms with Crippen molar-refractivity contribution in [3.8, 4) is 0 Å². The summed E-state index contributed by atoms with van der Waals surface area (Å²) in [5.74, 6) is 0.226. The molecule has 0 aromatic heterocycles. The second-order valence-corrected chi connectivity index (χ2v) is 4.99. The van der Waals surface area contributed by atoms with E-state index in [9.17, 15) is 4.79 Å². The molecule has 0 saturated heterocycles. The summed E-state index contributed by atoms with van der Waals surface area (Å²) in [7, 11) is 0. The van der Waals surface area contributed by atoms with E-state index in [0.717, 1.165) is 25.1 Å². The summed E-state index contributed by atoms with van der Waals surface area (Å²) in [6.45, 7) is 4.76. The average Bonchev–Trinajstić information content (AvgIpc) is 2.36. The van der Waals surface area contributed by atoms with Crippen LogP contribution in [-0.2, 0) is 11.2 Å². The van der Waals surface area contributed by atoms with E-state index in [1.807, 2.05) is 36.9 Å². The van der Waals surface area contributed by atoms with Gasteiger partial charge in [0.25, 0.3) is 0 Å². The van der Waals surface area contributed by atoms with Crippen molar-refractivity contribution in [2.75, 3.05) is 11.4 Å². The lowest BCUT2D eigenvalue weighted by atomic mass is 9.98. The van der Waals surface area contributed by atoms with Crippen molar-refractivity contribution in [2.45, 2.75) is 32.7 Å². The third kappa shape index (κ3) is 2.34. The van der Waals surface area contributed by atoms with Gasteiger partial charge >= 0.3 is 0 Å². The molecule has 0 saturated carbocycles. The number of hydrogen-bond donors (Lipinski definition) is 1. The molecule has 17 heavy (non-hydrogen) atoms. The van der Waals surface area contributed by atoms with Crippen LogP contribution in [0.5, 0.6) is 0 Å². The van der Waals surface area contributed by atoms with Crippen LogP contribution in [0.4, 0.5) is 5.69 Å². The van der Waals surface area contributed by atoms with Crippen LogP contribution in [0.2, 0.25) is 0 Å². The van der Waals surface area contributed by atoms with Crippen LogP contribution < -0.4 is 10.6 Å². The fraction of sp³-hybridized carbons (Fsp3) is 0.500. The summed E-state index contributed by atoms with van der Waals surface area (Å²) in [4.78, 5) is 14.2. The fourth-order valence-corrected chi connectivity index (χ4v) is 2.23. The highest BCUT2D eigenvalue weighted by molar-refractivity contribution is 5.98. The molecular weight excluding hydrogens is 212 g/mol. The Hall–Kier alpha value is -1.35. The van der Waals surface area contributed by atoms with E-state index in [1.54, 1.807) is 0 Å². The molecule has 1 aliphatic heterocycles. The van der Waals surface area contributed by atoms with Gasteiger partial charge in [-0.2, -0.15) is 0 Å². The normalized spacial score (nSPS) is 16.8. The molecule has 0 fully saturated rings. The molecule has 3 nitrogen and oxygen atoms in total. The quantitative estimate of drug-likeness (QED) is 0.847. The minimum absolute atomic E-state index is 0.0483. The topological polar surface area (TPSA) is 46.3 Å². The number of aryl methyl sites for hydroxylation is 1. The van der Waals surface area contributed by atoms with E-state index in [0.29, 0.717) is 0 Å². The minimum atomic E-state index is -0.402. The van der Waals surface area contributed by atoms with Gasteiger partial charge in [0.2, 0.25) is 5.91 Å². The smallest absolute Gasteiger partial charge is 0.244 e. The molecule has 1 atom stereocenters. The largest absolute Gasteiger partial charge is 0.320 e. The molecule has 0 spiro atoms. The minimum Gasteiger partial charge on any atom is -0.320 e. The third-order valence-electron chi connectivity index (χ3n) is 3.38. The second kappa shape index (κ2) is 4.88. The zero-order valence-electron chi connectivity index (χ0n) is 10.5. The molecule has 1 heterocycles. The van der Waals surface area contributed by atoms with Crippen LogP contribution >= 0.6 is 0 Å². The molecule has 1 aromatic rings. The van der Waals surface area contributed by atoms with Crippen LogP contribution in [0.3, 0.4) is 0 Å². The van der Waals surface area contributed by atoms with Gasteiger partial charge in [0, 0.05) is 12.2 Å². The van der Waals surface area contributed by atoms with E-state index >= 15 is 0 Å². The SMILES string of the molecule is CC(C)[C@H](N)C(=O)N1CCCc2ccccc21. The number of para-hydroxylation sites is 1. The number of nitrogens with two attached hydrogens (primary N) is 1. The number of fused-ring (bicyclic) bond motifs is 1. The van der Waals surface area contributed by atoms with Crippen molar-refractivity contribution in [2.24, 2.45) is 11.7 Å². The maximum atomic E-state index is 12.3. The van der Waals surface area contributed by atoms with Crippen LogP contribution in [0.1, 0.15) is 25.8 Å². The van der Waals surface area contributed by atoms with E-state index < -0.39 is 6.04 Å². The molecule has 92 valence electrons. The molecule has 1 amide bonds. The number of nitrogens with zero attached hydrogens (tertiary/aromatic N) is 1. The highest BCUT2D eigenvalue weighted by Gasteiger charge is 2.27. The molecule has 1 aromatic carbocycles. The number of carbonyl (C=O) groups is 1. The van der Waals surface area contributed by atoms with Crippen molar-refractivity contribution >= 4 is 11.6 Å². The molecule has 0 aliphatic carbocycles. The highest BCUT2D eigenvalue weighted by Crippen LogP contribution is 2.27. The number of hydrogen-bond acceptors (Lipinski definition) is 2. The fourth-order valence-electron chi connectivity index (χ4n) is 2.23. The Labute approximate surface area is 103 Å². The van der Waals surface area contributed by atoms with Gasteiger partial charge < -0.3 is 10.6 Å². The lowest BCUT2D eigenvalue weighted by Crippen LogP contribution is -2.48. The van der Waals surface area contributed by atoms with Gasteiger partial charge in [0.05, 0.1) is 6.04 Å². The predicted molar refractivity (Wildman–Crippen MR) is 69.9 cm³/mol. The number of amides is 1. The third-order valence-corrected chi connectivity index (χ3v) is 3.38. The van der Waals surface area contributed by atoms with Gasteiger partial charge in [0.1, 0.15) is 0 Å². The average molecular weight is 232 g/mol. The Kier molecular flexibility index (Phi) is 3.48. The first-order valence-electron chi connectivity index (χ1n) is 6.26. The Morgan fingerprint density at radius 2 is 2.06 bits per heavy atom. The van der Waals surface area contributed by atoms with Crippen molar-refractivity contribution < 1.29 is 4.79 Å². The van der Waals surface area contributed by atoms with Crippen molar-refractivity contribution in [3.63, 3.8) is 0 Å². The van der Waals surface area contributed by atoms with Crippen molar-refractivity contribution in [3.05, 3.63) is 29.8 Å². The van der Waals surface area contributed by atoms with Gasteiger partial charge in [-0.25, -0.2) is 0 Å². The predicted octanol–water partition coefficient (Wildman–Crippen LogP) is 1.95. The number of benzene rings is 1. The zero-order valence-corrected chi connectivity index (χ0v) is 10.5. The van der Waals surface area contributed by atoms with Crippen LogP contribution in [0.25, 0.3) is 0 Å². The number of carbonyl (C=O) groups excluding carboxylic acids is 1. The molecule has 2 N–H and O–H groups in total. The Balaban J connectivity index is 2.27. The van der Waals surface area contributed by atoms with Gasteiger partial charge in [0.15, 0.2) is 0 Å². The van der Waals surface area contributed by atoms with E-state index in [2.05, 4.69) is 6.07 Å². The number of rotatable bonds is 2. The van der Waals surface area contributed by atoms with E-state index in [4.69, 9.17) is 5.73 Å². The highest BCUT2D eigenvalue weighted by atomic mass is 16.2. The second-order valence-electron chi connectivity index (χ2n) is 4.99. The molecule has 3 heteroatoms. The summed E-state index contributed by atoms with van der Waals surface area (Å²) in [6.07, 6.45) is 2.07. The first-order valence-corrected chi connectivity index (χ1v) is 6.26. The Bertz CT molecular complexity index is 414. The molecule has 0 radical (unpaired) electrons. The molecular formula is C14H20N2O. The van der Waals surface area contributed by atoms with Gasteiger partial charge in [-0.05, 0) is 30.4 Å². The van der Waals surface area contributed by atoms with Crippen LogP contribution in [0.15, 0.2) is 24.3 Å². The zero-order chi connectivity index (χ0) is 12.4. The molecule has 2 rings (SSSR count). The van der Waals surface area contributed by atoms with Gasteiger partial charge in [-0.1, -0.05) is 32.0 Å². The number of anilines is 1.